The van der Waals surface area contributed by atoms with Gasteiger partial charge in [0.25, 0.3) is 0 Å². The van der Waals surface area contributed by atoms with Gasteiger partial charge in [0, 0.05) is 12.1 Å². The highest BCUT2D eigenvalue weighted by atomic mass is 19.1. The molecule has 0 saturated heterocycles. The summed E-state index contributed by atoms with van der Waals surface area (Å²) in [6, 6.07) is 9.64. The van der Waals surface area contributed by atoms with Gasteiger partial charge in [0.2, 0.25) is 5.75 Å². The Morgan fingerprint density at radius 2 is 2.00 bits per heavy atom. The van der Waals surface area contributed by atoms with Crippen LogP contribution in [0.5, 0.6) is 11.5 Å². The number of benzene rings is 2. The molecule has 20 heavy (non-hydrogen) atoms. The molecule has 0 aliphatic heterocycles. The van der Waals surface area contributed by atoms with Crippen LogP contribution in [0.4, 0.5) is 10.1 Å². The number of nitrogens with zero attached hydrogens (tertiary/aromatic N) is 2. The first-order chi connectivity index (χ1) is 9.51. The van der Waals surface area contributed by atoms with E-state index in [2.05, 4.69) is 0 Å². The molecule has 0 heterocycles. The van der Waals surface area contributed by atoms with E-state index in [0.717, 1.165) is 23.8 Å². The van der Waals surface area contributed by atoms with Crippen molar-refractivity contribution in [1.82, 2.24) is 0 Å². The fourth-order valence-electron chi connectivity index (χ4n) is 1.66. The molecule has 0 fully saturated rings. The highest BCUT2D eigenvalue weighted by molar-refractivity contribution is 5.52. The highest BCUT2D eigenvalue weighted by Crippen LogP contribution is 2.33. The van der Waals surface area contributed by atoms with Gasteiger partial charge in [0.1, 0.15) is 17.6 Å². The smallest absolute Gasteiger partial charge is 0.311 e. The molecule has 6 heteroatoms. The van der Waals surface area contributed by atoms with Crippen LogP contribution in [0.2, 0.25) is 0 Å². The Morgan fingerprint density at radius 3 is 2.65 bits per heavy atom. The molecule has 0 radical (unpaired) electrons. The molecular weight excluding hydrogens is 263 g/mol. The minimum atomic E-state index is -0.672. The molecule has 0 atom stereocenters. The lowest BCUT2D eigenvalue weighted by Gasteiger charge is -2.08. The van der Waals surface area contributed by atoms with Gasteiger partial charge in [-0.1, -0.05) is 6.07 Å². The van der Waals surface area contributed by atoms with Crippen LogP contribution in [-0.4, -0.2) is 4.92 Å². The van der Waals surface area contributed by atoms with E-state index in [0.29, 0.717) is 0 Å². The molecule has 5 nitrogen and oxygen atoms in total. The Hall–Kier alpha value is -2.94. The zero-order valence-corrected chi connectivity index (χ0v) is 10.5. The number of nitro benzene ring substituents is 1. The van der Waals surface area contributed by atoms with Crippen LogP contribution >= 0.6 is 0 Å². The maximum absolute atomic E-state index is 13.2. The lowest BCUT2D eigenvalue weighted by atomic mass is 10.1. The number of halogens is 1. The highest BCUT2D eigenvalue weighted by Gasteiger charge is 2.18. The average molecular weight is 272 g/mol. The standard InChI is InChI=1S/C14H9FN2O3/c1-9-2-5-13(10(6-9)8-16)20-14-7-11(15)3-4-12(14)17(18)19/h2-7H,1H3. The number of nitro groups is 1. The van der Waals surface area contributed by atoms with E-state index in [-0.39, 0.29) is 22.7 Å². The molecule has 2 aromatic carbocycles. The third kappa shape index (κ3) is 2.72. The van der Waals surface area contributed by atoms with Crippen LogP contribution in [-0.2, 0) is 0 Å². The summed E-state index contributed by atoms with van der Waals surface area (Å²) in [6.45, 7) is 1.80. The minimum Gasteiger partial charge on any atom is -0.449 e. The van der Waals surface area contributed by atoms with E-state index < -0.39 is 10.7 Å². The second-order valence-corrected chi connectivity index (χ2v) is 4.08. The van der Waals surface area contributed by atoms with Gasteiger partial charge in [-0.3, -0.25) is 10.1 Å². The van der Waals surface area contributed by atoms with E-state index in [1.54, 1.807) is 19.1 Å². The molecule has 0 N–H and O–H groups in total. The average Bonchev–Trinajstić information content (AvgIpc) is 2.40. The van der Waals surface area contributed by atoms with Gasteiger partial charge in [-0.2, -0.15) is 5.26 Å². The Morgan fingerprint density at radius 1 is 1.25 bits per heavy atom. The molecule has 0 spiro atoms. The normalized spacial score (nSPS) is 9.85. The summed E-state index contributed by atoms with van der Waals surface area (Å²) in [5, 5.41) is 19.9. The molecule has 0 saturated carbocycles. The lowest BCUT2D eigenvalue weighted by Crippen LogP contribution is -1.95. The first-order valence-corrected chi connectivity index (χ1v) is 5.64. The van der Waals surface area contributed by atoms with Crippen molar-refractivity contribution in [3.63, 3.8) is 0 Å². The van der Waals surface area contributed by atoms with Gasteiger partial charge in [0.05, 0.1) is 10.5 Å². The number of nitriles is 1. The molecule has 0 aliphatic carbocycles. The molecule has 2 rings (SSSR count). The van der Waals surface area contributed by atoms with Gasteiger partial charge < -0.3 is 4.74 Å². The third-order valence-electron chi connectivity index (χ3n) is 2.59. The van der Waals surface area contributed by atoms with E-state index in [4.69, 9.17) is 10.00 Å². The maximum atomic E-state index is 13.2. The first kappa shape index (κ1) is 13.5. The summed E-state index contributed by atoms with van der Waals surface area (Å²) in [6.07, 6.45) is 0. The zero-order chi connectivity index (χ0) is 14.7. The number of hydrogen-bond acceptors (Lipinski definition) is 4. The van der Waals surface area contributed by atoms with Crippen molar-refractivity contribution < 1.29 is 14.1 Å². The number of aryl methyl sites for hydroxylation is 1. The summed E-state index contributed by atoms with van der Waals surface area (Å²) in [5.74, 6) is -0.752. The Labute approximate surface area is 114 Å². The number of hydrogen-bond donors (Lipinski definition) is 0. The molecule has 0 bridgehead atoms. The summed E-state index contributed by atoms with van der Waals surface area (Å²) in [5.41, 5.74) is 0.710. The van der Waals surface area contributed by atoms with Crippen LogP contribution < -0.4 is 4.74 Å². The maximum Gasteiger partial charge on any atom is 0.311 e. The SMILES string of the molecule is Cc1ccc(Oc2cc(F)ccc2[N+](=O)[O-])c(C#N)c1. The summed E-state index contributed by atoms with van der Waals surface area (Å²) in [4.78, 5) is 10.2. The van der Waals surface area contributed by atoms with Gasteiger partial charge in [-0.15, -0.1) is 0 Å². The molecular formula is C14H9FN2O3. The van der Waals surface area contributed by atoms with E-state index >= 15 is 0 Å². The fourth-order valence-corrected chi connectivity index (χ4v) is 1.66. The van der Waals surface area contributed by atoms with Crippen LogP contribution in [0.25, 0.3) is 0 Å². The molecule has 2 aromatic rings. The fraction of sp³-hybridized carbons (Fsp3) is 0.0714. The van der Waals surface area contributed by atoms with Crippen LogP contribution in [0.1, 0.15) is 11.1 Å². The van der Waals surface area contributed by atoms with Crippen molar-refractivity contribution in [2.75, 3.05) is 0 Å². The van der Waals surface area contributed by atoms with E-state index in [9.17, 15) is 14.5 Å². The summed E-state index contributed by atoms with van der Waals surface area (Å²) >= 11 is 0. The zero-order valence-electron chi connectivity index (χ0n) is 10.5. The molecule has 0 aliphatic rings. The van der Waals surface area contributed by atoms with Gasteiger partial charge in [-0.05, 0) is 30.7 Å². The Kier molecular flexibility index (Phi) is 3.62. The van der Waals surface area contributed by atoms with Crippen molar-refractivity contribution in [3.05, 3.63) is 63.5 Å². The van der Waals surface area contributed by atoms with E-state index in [1.807, 2.05) is 6.07 Å². The van der Waals surface area contributed by atoms with Crippen molar-refractivity contribution in [3.8, 4) is 17.6 Å². The topological polar surface area (TPSA) is 76.2 Å². The molecule has 100 valence electrons. The third-order valence-corrected chi connectivity index (χ3v) is 2.59. The lowest BCUT2D eigenvalue weighted by molar-refractivity contribution is -0.385. The first-order valence-electron chi connectivity index (χ1n) is 5.64. The quantitative estimate of drug-likeness (QED) is 0.630. The van der Waals surface area contributed by atoms with Crippen LogP contribution in [0, 0.1) is 34.2 Å². The van der Waals surface area contributed by atoms with Crippen molar-refractivity contribution >= 4 is 5.69 Å². The van der Waals surface area contributed by atoms with Gasteiger partial charge in [-0.25, -0.2) is 4.39 Å². The Bertz CT molecular complexity index is 723. The summed E-state index contributed by atoms with van der Waals surface area (Å²) < 4.78 is 18.5. The van der Waals surface area contributed by atoms with Crippen molar-refractivity contribution in [2.45, 2.75) is 6.92 Å². The van der Waals surface area contributed by atoms with Crippen LogP contribution in [0.15, 0.2) is 36.4 Å². The molecule has 0 aromatic heterocycles. The summed E-state index contributed by atoms with van der Waals surface area (Å²) in [7, 11) is 0. The predicted molar refractivity (Wildman–Crippen MR) is 69.0 cm³/mol. The second-order valence-electron chi connectivity index (χ2n) is 4.08. The van der Waals surface area contributed by atoms with Gasteiger partial charge in [0.15, 0.2) is 0 Å². The second kappa shape index (κ2) is 5.36. The monoisotopic (exact) mass is 272 g/mol. The minimum absolute atomic E-state index is 0.145. The molecule has 0 amide bonds. The predicted octanol–water partition coefficient (Wildman–Crippen LogP) is 3.71. The van der Waals surface area contributed by atoms with Gasteiger partial charge >= 0.3 is 5.69 Å². The number of rotatable bonds is 3. The van der Waals surface area contributed by atoms with Crippen LogP contribution in [0.3, 0.4) is 0 Å². The number of ether oxygens (including phenoxy) is 1. The van der Waals surface area contributed by atoms with Crippen molar-refractivity contribution in [2.24, 2.45) is 0 Å². The largest absolute Gasteiger partial charge is 0.449 e. The molecule has 0 unspecified atom stereocenters. The van der Waals surface area contributed by atoms with Crippen molar-refractivity contribution in [1.29, 1.82) is 5.26 Å². The Balaban J connectivity index is 2.47. The van der Waals surface area contributed by atoms with E-state index in [1.165, 1.54) is 6.07 Å².